The molecule has 0 atom stereocenters. The molecule has 4 nitrogen and oxygen atoms in total. The maximum Gasteiger partial charge on any atom is 0.275 e. The Morgan fingerprint density at radius 3 is 2.78 bits per heavy atom. The van der Waals surface area contributed by atoms with E-state index in [4.69, 9.17) is 0 Å². The second-order valence-electron chi connectivity index (χ2n) is 3.89. The van der Waals surface area contributed by atoms with Crippen LogP contribution in [0.5, 0.6) is 0 Å². The Hall–Kier alpha value is -2.01. The van der Waals surface area contributed by atoms with Crippen molar-refractivity contribution in [3.63, 3.8) is 0 Å². The van der Waals surface area contributed by atoms with Crippen LogP contribution in [0.15, 0.2) is 41.2 Å². The average molecular weight is 257 g/mol. The van der Waals surface area contributed by atoms with Crippen molar-refractivity contribution in [2.24, 2.45) is 0 Å². The van der Waals surface area contributed by atoms with Crippen LogP contribution in [-0.4, -0.2) is 14.6 Å². The van der Waals surface area contributed by atoms with Crippen LogP contribution in [0.3, 0.4) is 0 Å². The van der Waals surface area contributed by atoms with Crippen molar-refractivity contribution in [2.75, 3.05) is 0 Å². The summed E-state index contributed by atoms with van der Waals surface area (Å²) in [6.07, 6.45) is 0.814. The van der Waals surface area contributed by atoms with Gasteiger partial charge in [-0.1, -0.05) is 48.6 Å². The van der Waals surface area contributed by atoms with Crippen LogP contribution in [0.4, 0.5) is 0 Å². The molecule has 0 saturated heterocycles. The van der Waals surface area contributed by atoms with Crippen LogP contribution in [0.2, 0.25) is 0 Å². The van der Waals surface area contributed by atoms with E-state index in [2.05, 4.69) is 10.1 Å². The van der Waals surface area contributed by atoms with Crippen molar-refractivity contribution in [1.82, 2.24) is 14.6 Å². The first kappa shape index (κ1) is 11.1. The number of aromatic nitrogens is 3. The van der Waals surface area contributed by atoms with Crippen molar-refractivity contribution < 1.29 is 0 Å². The Labute approximate surface area is 108 Å². The molecular formula is C13H11N3OS. The Balaban J connectivity index is 2.24. The molecule has 0 aliphatic rings. The minimum Gasteiger partial charge on any atom is -0.267 e. The zero-order chi connectivity index (χ0) is 12.5. The lowest BCUT2D eigenvalue weighted by Gasteiger charge is -1.99. The normalized spacial score (nSPS) is 10.9. The van der Waals surface area contributed by atoms with Gasteiger partial charge in [0.1, 0.15) is 5.01 Å². The third-order valence-corrected chi connectivity index (χ3v) is 3.71. The fourth-order valence-corrected chi connectivity index (χ4v) is 2.59. The molecule has 90 valence electrons. The van der Waals surface area contributed by atoms with Gasteiger partial charge in [0.05, 0.1) is 5.69 Å². The molecule has 0 fully saturated rings. The van der Waals surface area contributed by atoms with Gasteiger partial charge >= 0.3 is 0 Å². The zero-order valence-corrected chi connectivity index (χ0v) is 10.6. The van der Waals surface area contributed by atoms with Gasteiger partial charge in [-0.05, 0) is 6.42 Å². The summed E-state index contributed by atoms with van der Waals surface area (Å²) in [5.74, 6) is 0. The van der Waals surface area contributed by atoms with Crippen LogP contribution in [0.1, 0.15) is 11.9 Å². The minimum absolute atomic E-state index is 0.130. The first-order valence-corrected chi connectivity index (χ1v) is 6.55. The van der Waals surface area contributed by atoms with Crippen molar-refractivity contribution in [3.05, 3.63) is 51.8 Å². The van der Waals surface area contributed by atoms with E-state index in [1.165, 1.54) is 21.9 Å². The van der Waals surface area contributed by atoms with Crippen molar-refractivity contribution >= 4 is 16.3 Å². The average Bonchev–Trinajstić information content (AvgIpc) is 2.83. The van der Waals surface area contributed by atoms with Crippen molar-refractivity contribution in [2.45, 2.75) is 13.3 Å². The summed E-state index contributed by atoms with van der Waals surface area (Å²) in [4.78, 5) is 17.1. The van der Waals surface area contributed by atoms with Crippen molar-refractivity contribution in [3.8, 4) is 11.3 Å². The van der Waals surface area contributed by atoms with E-state index >= 15 is 0 Å². The SMILES string of the molecule is CCc1nn2c(=O)cc(-c3ccccc3)nc2s1. The molecule has 2 aromatic heterocycles. The maximum atomic E-state index is 12.0. The van der Waals surface area contributed by atoms with E-state index in [1.807, 2.05) is 37.3 Å². The quantitative estimate of drug-likeness (QED) is 0.708. The first-order valence-electron chi connectivity index (χ1n) is 5.73. The second kappa shape index (κ2) is 4.34. The lowest BCUT2D eigenvalue weighted by Crippen LogP contribution is -2.14. The number of rotatable bonds is 2. The van der Waals surface area contributed by atoms with E-state index in [-0.39, 0.29) is 5.56 Å². The van der Waals surface area contributed by atoms with Crippen LogP contribution in [-0.2, 0) is 6.42 Å². The van der Waals surface area contributed by atoms with Gasteiger partial charge in [-0.3, -0.25) is 4.79 Å². The summed E-state index contributed by atoms with van der Waals surface area (Å²) in [5.41, 5.74) is 1.52. The summed E-state index contributed by atoms with van der Waals surface area (Å²) in [6, 6.07) is 11.2. The lowest BCUT2D eigenvalue weighted by atomic mass is 10.1. The van der Waals surface area contributed by atoms with Crippen LogP contribution in [0, 0.1) is 0 Å². The number of nitrogens with zero attached hydrogens (tertiary/aromatic N) is 3. The lowest BCUT2D eigenvalue weighted by molar-refractivity contribution is 0.860. The Morgan fingerprint density at radius 1 is 1.28 bits per heavy atom. The Kier molecular flexibility index (Phi) is 2.68. The molecule has 5 heteroatoms. The first-order chi connectivity index (χ1) is 8.78. The van der Waals surface area contributed by atoms with E-state index in [0.717, 1.165) is 17.0 Å². The van der Waals surface area contributed by atoms with Gasteiger partial charge in [-0.15, -0.1) is 0 Å². The molecule has 0 saturated carbocycles. The third kappa shape index (κ3) is 1.82. The molecule has 0 spiro atoms. The van der Waals surface area contributed by atoms with Gasteiger partial charge in [0.15, 0.2) is 0 Å². The molecule has 3 aromatic rings. The van der Waals surface area contributed by atoms with Gasteiger partial charge in [-0.25, -0.2) is 4.98 Å². The highest BCUT2D eigenvalue weighted by Crippen LogP contribution is 2.18. The van der Waals surface area contributed by atoms with Gasteiger partial charge in [0.2, 0.25) is 4.96 Å². The summed E-state index contributed by atoms with van der Waals surface area (Å²) >= 11 is 1.46. The standard InChI is InChI=1S/C13H11N3OS/c1-2-11-15-16-12(17)8-10(14-13(16)18-11)9-6-4-3-5-7-9/h3-8H,2H2,1H3. The molecule has 0 N–H and O–H groups in total. The van der Waals surface area contributed by atoms with E-state index < -0.39 is 0 Å². The Bertz CT molecular complexity index is 746. The monoisotopic (exact) mass is 257 g/mol. The highest BCUT2D eigenvalue weighted by molar-refractivity contribution is 7.16. The highest BCUT2D eigenvalue weighted by Gasteiger charge is 2.08. The molecule has 2 heterocycles. The molecule has 3 rings (SSSR count). The molecular weight excluding hydrogens is 246 g/mol. The largest absolute Gasteiger partial charge is 0.275 e. The van der Waals surface area contributed by atoms with E-state index in [9.17, 15) is 4.79 Å². The predicted molar refractivity (Wildman–Crippen MR) is 71.9 cm³/mol. The van der Waals surface area contributed by atoms with Gasteiger partial charge in [0.25, 0.3) is 5.56 Å². The number of hydrogen-bond acceptors (Lipinski definition) is 4. The van der Waals surface area contributed by atoms with Gasteiger partial charge in [-0.2, -0.15) is 9.61 Å². The van der Waals surface area contributed by atoms with Crippen LogP contribution in [0.25, 0.3) is 16.2 Å². The number of fused-ring (bicyclic) bond motifs is 1. The molecule has 0 amide bonds. The topological polar surface area (TPSA) is 47.3 Å². The fourth-order valence-electron chi connectivity index (χ4n) is 1.75. The number of benzene rings is 1. The van der Waals surface area contributed by atoms with E-state index in [0.29, 0.717) is 10.7 Å². The molecule has 1 aromatic carbocycles. The predicted octanol–water partition coefficient (Wildman–Crippen LogP) is 2.38. The highest BCUT2D eigenvalue weighted by atomic mass is 32.1. The Morgan fingerprint density at radius 2 is 2.06 bits per heavy atom. The number of hydrogen-bond donors (Lipinski definition) is 0. The van der Waals surface area contributed by atoms with Crippen LogP contribution >= 0.6 is 11.3 Å². The minimum atomic E-state index is -0.130. The maximum absolute atomic E-state index is 12.0. The molecule has 18 heavy (non-hydrogen) atoms. The van der Waals surface area contributed by atoms with E-state index in [1.54, 1.807) is 0 Å². The van der Waals surface area contributed by atoms with Crippen molar-refractivity contribution in [1.29, 1.82) is 0 Å². The van der Waals surface area contributed by atoms with Gasteiger partial charge in [0, 0.05) is 11.6 Å². The number of aryl methyl sites for hydroxylation is 1. The fraction of sp³-hybridized carbons (Fsp3) is 0.154. The second-order valence-corrected chi connectivity index (χ2v) is 4.93. The molecule has 0 unspecified atom stereocenters. The smallest absolute Gasteiger partial charge is 0.267 e. The zero-order valence-electron chi connectivity index (χ0n) is 9.83. The summed E-state index contributed by atoms with van der Waals surface area (Å²) in [6.45, 7) is 2.01. The summed E-state index contributed by atoms with van der Waals surface area (Å²) in [7, 11) is 0. The molecule has 0 radical (unpaired) electrons. The third-order valence-electron chi connectivity index (χ3n) is 2.66. The van der Waals surface area contributed by atoms with Crippen LogP contribution < -0.4 is 5.56 Å². The molecule has 0 bridgehead atoms. The molecule has 0 aliphatic carbocycles. The summed E-state index contributed by atoms with van der Waals surface area (Å²) < 4.78 is 1.37. The summed E-state index contributed by atoms with van der Waals surface area (Å²) in [5, 5.41) is 5.15. The van der Waals surface area contributed by atoms with Gasteiger partial charge < -0.3 is 0 Å². The molecule has 0 aliphatic heterocycles.